The number of amides is 1. The molecule has 19 heavy (non-hydrogen) atoms. The molecule has 0 radical (unpaired) electrons. The molecule has 1 rings (SSSR count). The maximum atomic E-state index is 11.9. The van der Waals surface area contributed by atoms with Crippen LogP contribution in [0, 0.1) is 11.8 Å². The molecule has 0 aliphatic carbocycles. The molecule has 0 aromatic rings. The van der Waals surface area contributed by atoms with Crippen molar-refractivity contribution in [3.05, 3.63) is 0 Å². The van der Waals surface area contributed by atoms with Crippen molar-refractivity contribution in [2.45, 2.75) is 45.6 Å². The molecule has 2 N–H and O–H groups in total. The molecule has 4 nitrogen and oxygen atoms in total. The van der Waals surface area contributed by atoms with Crippen LogP contribution in [0.2, 0.25) is 0 Å². The quantitative estimate of drug-likeness (QED) is 0.754. The van der Waals surface area contributed by atoms with E-state index in [1.54, 1.807) is 7.11 Å². The molecule has 0 spiro atoms. The third kappa shape index (κ3) is 7.75. The van der Waals surface area contributed by atoms with Crippen LogP contribution in [0.3, 0.4) is 0 Å². The summed E-state index contributed by atoms with van der Waals surface area (Å²) in [6.45, 7) is 7.13. The second kappa shape index (κ2) is 10.5. The lowest BCUT2D eigenvalue weighted by atomic mass is 9.84. The standard InChI is InChI=1S/C14H28N2O2.ClH/c1-11(13-4-7-15-8-5-13)10-14(17)16-12(2)6-9-18-3;/h11-13,15H,4-10H2,1-3H3,(H,16,17);1H. The molecule has 2 atom stereocenters. The molecule has 0 aromatic heterocycles. The van der Waals surface area contributed by atoms with Crippen LogP contribution in [0.4, 0.5) is 0 Å². The molecule has 0 bridgehead atoms. The van der Waals surface area contributed by atoms with Gasteiger partial charge in [0.25, 0.3) is 0 Å². The Morgan fingerprint density at radius 3 is 2.58 bits per heavy atom. The van der Waals surface area contributed by atoms with Gasteiger partial charge in [0.1, 0.15) is 0 Å². The van der Waals surface area contributed by atoms with Crippen molar-refractivity contribution in [1.29, 1.82) is 0 Å². The van der Waals surface area contributed by atoms with Gasteiger partial charge in [-0.2, -0.15) is 0 Å². The monoisotopic (exact) mass is 292 g/mol. The van der Waals surface area contributed by atoms with Crippen LogP contribution in [0.25, 0.3) is 0 Å². The minimum Gasteiger partial charge on any atom is -0.385 e. The minimum atomic E-state index is 0. The van der Waals surface area contributed by atoms with Gasteiger partial charge in [0.2, 0.25) is 5.91 Å². The topological polar surface area (TPSA) is 50.4 Å². The van der Waals surface area contributed by atoms with Crippen molar-refractivity contribution >= 4 is 18.3 Å². The molecular formula is C14H29ClN2O2. The number of carbonyl (C=O) groups is 1. The summed E-state index contributed by atoms with van der Waals surface area (Å²) in [7, 11) is 1.69. The molecule has 1 heterocycles. The van der Waals surface area contributed by atoms with Crippen molar-refractivity contribution in [2.24, 2.45) is 11.8 Å². The summed E-state index contributed by atoms with van der Waals surface area (Å²) in [4.78, 5) is 11.9. The summed E-state index contributed by atoms with van der Waals surface area (Å²) in [5, 5.41) is 6.41. The number of ether oxygens (including phenoxy) is 1. The average molecular weight is 293 g/mol. The first-order valence-electron chi connectivity index (χ1n) is 7.12. The van der Waals surface area contributed by atoms with Gasteiger partial charge in [-0.1, -0.05) is 6.92 Å². The maximum Gasteiger partial charge on any atom is 0.220 e. The smallest absolute Gasteiger partial charge is 0.220 e. The fraction of sp³-hybridized carbons (Fsp3) is 0.929. The summed E-state index contributed by atoms with van der Waals surface area (Å²) in [5.41, 5.74) is 0. The van der Waals surface area contributed by atoms with Crippen LogP contribution < -0.4 is 10.6 Å². The van der Waals surface area contributed by atoms with E-state index in [1.165, 1.54) is 12.8 Å². The van der Waals surface area contributed by atoms with Crippen molar-refractivity contribution in [3.63, 3.8) is 0 Å². The SMILES string of the molecule is COCCC(C)NC(=O)CC(C)C1CCNCC1.Cl. The van der Waals surface area contributed by atoms with Crippen molar-refractivity contribution in [1.82, 2.24) is 10.6 Å². The predicted octanol–water partition coefficient (Wildman–Crippen LogP) is 1.98. The Morgan fingerprint density at radius 2 is 2.00 bits per heavy atom. The molecule has 5 heteroatoms. The summed E-state index contributed by atoms with van der Waals surface area (Å²) in [6.07, 6.45) is 3.94. The third-order valence-corrected chi connectivity index (χ3v) is 3.86. The van der Waals surface area contributed by atoms with E-state index in [0.717, 1.165) is 19.5 Å². The van der Waals surface area contributed by atoms with E-state index in [0.29, 0.717) is 24.9 Å². The first-order chi connectivity index (χ1) is 8.63. The van der Waals surface area contributed by atoms with E-state index < -0.39 is 0 Å². The van der Waals surface area contributed by atoms with Gasteiger partial charge in [-0.25, -0.2) is 0 Å². The largest absolute Gasteiger partial charge is 0.385 e. The Balaban J connectivity index is 0.00000324. The second-order valence-electron chi connectivity index (χ2n) is 5.52. The molecular weight excluding hydrogens is 264 g/mol. The van der Waals surface area contributed by atoms with Crippen molar-refractivity contribution < 1.29 is 9.53 Å². The molecule has 114 valence electrons. The molecule has 1 amide bonds. The number of nitrogens with one attached hydrogen (secondary N) is 2. The van der Waals surface area contributed by atoms with Crippen LogP contribution in [0.1, 0.15) is 39.5 Å². The Kier molecular flexibility index (Phi) is 10.3. The lowest BCUT2D eigenvalue weighted by Gasteiger charge is -2.28. The zero-order valence-electron chi connectivity index (χ0n) is 12.4. The van der Waals surface area contributed by atoms with E-state index in [9.17, 15) is 4.79 Å². The number of halogens is 1. The lowest BCUT2D eigenvalue weighted by molar-refractivity contribution is -0.123. The summed E-state index contributed by atoms with van der Waals surface area (Å²) < 4.78 is 5.01. The normalized spacial score (nSPS) is 19.3. The Morgan fingerprint density at radius 1 is 1.37 bits per heavy atom. The number of carbonyl (C=O) groups excluding carboxylic acids is 1. The summed E-state index contributed by atoms with van der Waals surface area (Å²) >= 11 is 0. The number of methoxy groups -OCH3 is 1. The van der Waals surface area contributed by atoms with Gasteiger partial charge in [-0.15, -0.1) is 12.4 Å². The number of piperidine rings is 1. The van der Waals surface area contributed by atoms with Gasteiger partial charge in [0.15, 0.2) is 0 Å². The minimum absolute atomic E-state index is 0. The Bertz CT molecular complexity index is 246. The van der Waals surface area contributed by atoms with Crippen molar-refractivity contribution in [2.75, 3.05) is 26.8 Å². The highest BCUT2D eigenvalue weighted by Gasteiger charge is 2.22. The van der Waals surface area contributed by atoms with Crippen LogP contribution >= 0.6 is 12.4 Å². The zero-order valence-corrected chi connectivity index (χ0v) is 13.2. The second-order valence-corrected chi connectivity index (χ2v) is 5.52. The highest BCUT2D eigenvalue weighted by molar-refractivity contribution is 5.85. The van der Waals surface area contributed by atoms with E-state index in [1.807, 2.05) is 6.92 Å². The highest BCUT2D eigenvalue weighted by atomic mass is 35.5. The fourth-order valence-corrected chi connectivity index (χ4v) is 2.57. The summed E-state index contributed by atoms with van der Waals surface area (Å²) in [6, 6.07) is 0.206. The van der Waals surface area contributed by atoms with E-state index in [4.69, 9.17) is 4.74 Å². The van der Waals surface area contributed by atoms with Gasteiger partial charge in [-0.05, 0) is 51.1 Å². The van der Waals surface area contributed by atoms with Gasteiger partial charge in [0, 0.05) is 26.2 Å². The number of hydrogen-bond acceptors (Lipinski definition) is 3. The first kappa shape index (κ1) is 18.7. The zero-order chi connectivity index (χ0) is 13.4. The number of rotatable bonds is 7. The van der Waals surface area contributed by atoms with Crippen LogP contribution in [-0.2, 0) is 9.53 Å². The Hall–Kier alpha value is -0.320. The molecule has 1 aliphatic rings. The highest BCUT2D eigenvalue weighted by Crippen LogP contribution is 2.24. The van der Waals surface area contributed by atoms with Crippen LogP contribution in [0.15, 0.2) is 0 Å². The van der Waals surface area contributed by atoms with Gasteiger partial charge in [0.05, 0.1) is 0 Å². The average Bonchev–Trinajstić information content (AvgIpc) is 2.37. The number of hydrogen-bond donors (Lipinski definition) is 2. The maximum absolute atomic E-state index is 11.9. The van der Waals surface area contributed by atoms with Gasteiger partial charge >= 0.3 is 0 Å². The first-order valence-corrected chi connectivity index (χ1v) is 7.12. The third-order valence-electron chi connectivity index (χ3n) is 3.86. The molecule has 1 aliphatic heterocycles. The molecule has 1 saturated heterocycles. The lowest BCUT2D eigenvalue weighted by Crippen LogP contribution is -2.36. The molecule has 2 unspecified atom stereocenters. The Labute approximate surface area is 123 Å². The summed E-state index contributed by atoms with van der Waals surface area (Å²) in [5.74, 6) is 1.37. The van der Waals surface area contributed by atoms with Crippen LogP contribution in [0.5, 0.6) is 0 Å². The van der Waals surface area contributed by atoms with E-state index in [-0.39, 0.29) is 24.4 Å². The predicted molar refractivity (Wildman–Crippen MR) is 80.7 cm³/mol. The van der Waals surface area contributed by atoms with E-state index in [2.05, 4.69) is 17.6 Å². The van der Waals surface area contributed by atoms with Gasteiger partial charge < -0.3 is 15.4 Å². The van der Waals surface area contributed by atoms with Crippen molar-refractivity contribution in [3.8, 4) is 0 Å². The van der Waals surface area contributed by atoms with Crippen LogP contribution in [-0.4, -0.2) is 38.8 Å². The molecule has 0 aromatic carbocycles. The molecule has 0 saturated carbocycles. The van der Waals surface area contributed by atoms with Gasteiger partial charge in [-0.3, -0.25) is 4.79 Å². The molecule has 1 fully saturated rings. The van der Waals surface area contributed by atoms with E-state index >= 15 is 0 Å². The fourth-order valence-electron chi connectivity index (χ4n) is 2.57.